The van der Waals surface area contributed by atoms with Crippen LogP contribution in [0.25, 0.3) is 0 Å². The third kappa shape index (κ3) is 3.04. The van der Waals surface area contributed by atoms with Crippen LogP contribution in [0.4, 0.5) is 5.82 Å². The molecule has 0 amide bonds. The van der Waals surface area contributed by atoms with Gasteiger partial charge in [-0.25, -0.2) is 9.98 Å². The lowest BCUT2D eigenvalue weighted by Crippen LogP contribution is -2.35. The third-order valence-electron chi connectivity index (χ3n) is 4.74. The van der Waals surface area contributed by atoms with Gasteiger partial charge in [0.15, 0.2) is 0 Å². The molecule has 0 spiro atoms. The minimum absolute atomic E-state index is 0.520. The number of piperidine rings is 1. The average Bonchev–Trinajstić information content (AvgIpc) is 3.04. The van der Waals surface area contributed by atoms with E-state index in [9.17, 15) is 0 Å². The monoisotopic (exact) mass is 299 g/mol. The molecule has 0 unspecified atom stereocenters. The van der Waals surface area contributed by atoms with E-state index >= 15 is 0 Å². The van der Waals surface area contributed by atoms with Gasteiger partial charge in [0.25, 0.3) is 0 Å². The second-order valence-electron chi connectivity index (χ2n) is 6.06. The molecule has 3 rings (SSSR count). The Morgan fingerprint density at radius 1 is 1.27 bits per heavy atom. The van der Waals surface area contributed by atoms with Gasteiger partial charge in [0.2, 0.25) is 0 Å². The van der Waals surface area contributed by atoms with Crippen molar-refractivity contribution in [1.29, 1.82) is 0 Å². The lowest BCUT2D eigenvalue weighted by molar-refractivity contribution is 0.219. The van der Waals surface area contributed by atoms with Crippen LogP contribution in [-0.4, -0.2) is 47.6 Å². The van der Waals surface area contributed by atoms with Gasteiger partial charge in [0, 0.05) is 17.7 Å². The Kier molecular flexibility index (Phi) is 4.52. The quantitative estimate of drug-likeness (QED) is 0.926. The standard InChI is InChI=1S/C17H25N5/c1-3-12-9-16(18)19-10-14(12)15-11-20-17(21-15)13-5-7-22(4-2)8-6-13/h9-10,13H,3-8,11H2,1-2H3,(H2,18,19). The molecule has 5 nitrogen and oxygen atoms in total. The van der Waals surface area contributed by atoms with Crippen molar-refractivity contribution in [3.8, 4) is 0 Å². The van der Waals surface area contributed by atoms with Crippen molar-refractivity contribution in [2.45, 2.75) is 33.1 Å². The Labute approximate surface area is 132 Å². The highest BCUT2D eigenvalue weighted by Crippen LogP contribution is 2.23. The molecule has 0 atom stereocenters. The Hall–Kier alpha value is -1.75. The number of rotatable bonds is 4. The maximum atomic E-state index is 5.79. The normalized spacial score (nSPS) is 20.1. The summed E-state index contributed by atoms with van der Waals surface area (Å²) in [5.41, 5.74) is 9.16. The fourth-order valence-electron chi connectivity index (χ4n) is 3.31. The first-order valence-electron chi connectivity index (χ1n) is 8.30. The van der Waals surface area contributed by atoms with Gasteiger partial charge in [-0.1, -0.05) is 13.8 Å². The molecule has 2 aliphatic rings. The number of hydrogen-bond donors (Lipinski definition) is 1. The first-order valence-corrected chi connectivity index (χ1v) is 8.30. The van der Waals surface area contributed by atoms with Gasteiger partial charge < -0.3 is 10.6 Å². The zero-order valence-corrected chi connectivity index (χ0v) is 13.5. The van der Waals surface area contributed by atoms with E-state index in [1.165, 1.54) is 18.4 Å². The molecule has 1 saturated heterocycles. The summed E-state index contributed by atoms with van der Waals surface area (Å²) in [5, 5.41) is 0. The molecule has 0 aromatic carbocycles. The van der Waals surface area contributed by atoms with Crippen LogP contribution < -0.4 is 5.73 Å². The second-order valence-corrected chi connectivity index (χ2v) is 6.06. The first-order chi connectivity index (χ1) is 10.7. The SMILES string of the molecule is CCc1cc(N)ncc1C1=NC(C2CCN(CC)CC2)=NC1. The maximum absolute atomic E-state index is 5.79. The van der Waals surface area contributed by atoms with E-state index in [0.29, 0.717) is 18.3 Å². The average molecular weight is 299 g/mol. The van der Waals surface area contributed by atoms with Gasteiger partial charge in [-0.15, -0.1) is 0 Å². The second kappa shape index (κ2) is 6.57. The van der Waals surface area contributed by atoms with Crippen molar-refractivity contribution in [2.24, 2.45) is 15.9 Å². The van der Waals surface area contributed by atoms with E-state index in [1.807, 2.05) is 12.3 Å². The molecular weight excluding hydrogens is 274 g/mol. The van der Waals surface area contributed by atoms with Crippen LogP contribution in [0.2, 0.25) is 0 Å². The Bertz CT molecular complexity index is 597. The molecule has 3 heterocycles. The van der Waals surface area contributed by atoms with Crippen LogP contribution in [0.15, 0.2) is 22.2 Å². The molecule has 0 bridgehead atoms. The zero-order chi connectivity index (χ0) is 15.5. The van der Waals surface area contributed by atoms with Gasteiger partial charge in [-0.2, -0.15) is 0 Å². The number of nitrogens with zero attached hydrogens (tertiary/aromatic N) is 4. The Morgan fingerprint density at radius 3 is 2.73 bits per heavy atom. The van der Waals surface area contributed by atoms with Crippen molar-refractivity contribution in [3.63, 3.8) is 0 Å². The summed E-state index contributed by atoms with van der Waals surface area (Å²) < 4.78 is 0. The third-order valence-corrected chi connectivity index (χ3v) is 4.74. The minimum Gasteiger partial charge on any atom is -0.384 e. The van der Waals surface area contributed by atoms with Crippen LogP contribution in [-0.2, 0) is 6.42 Å². The number of amidine groups is 1. The molecular formula is C17H25N5. The van der Waals surface area contributed by atoms with E-state index in [-0.39, 0.29) is 0 Å². The van der Waals surface area contributed by atoms with E-state index in [2.05, 4.69) is 23.7 Å². The van der Waals surface area contributed by atoms with Gasteiger partial charge in [0.1, 0.15) is 11.7 Å². The van der Waals surface area contributed by atoms with E-state index in [1.54, 1.807) is 0 Å². The molecule has 0 aliphatic carbocycles. The predicted octanol–water partition coefficient (Wildman–Crippen LogP) is 2.16. The number of hydrogen-bond acceptors (Lipinski definition) is 5. The number of nitrogens with two attached hydrogens (primary N) is 1. The summed E-state index contributed by atoms with van der Waals surface area (Å²) in [6.07, 6.45) is 5.13. The molecule has 2 N–H and O–H groups in total. The maximum Gasteiger partial charge on any atom is 0.127 e. The van der Waals surface area contributed by atoms with Gasteiger partial charge in [-0.3, -0.25) is 4.99 Å². The van der Waals surface area contributed by atoms with E-state index in [4.69, 9.17) is 15.7 Å². The van der Waals surface area contributed by atoms with Crippen molar-refractivity contribution in [2.75, 3.05) is 31.9 Å². The number of aliphatic imine (C=N–C) groups is 2. The smallest absolute Gasteiger partial charge is 0.127 e. The number of likely N-dealkylation sites (tertiary alicyclic amines) is 1. The molecule has 22 heavy (non-hydrogen) atoms. The van der Waals surface area contributed by atoms with Crippen molar-refractivity contribution in [3.05, 3.63) is 23.4 Å². The molecule has 0 radical (unpaired) electrons. The molecule has 118 valence electrons. The molecule has 1 aromatic heterocycles. The van der Waals surface area contributed by atoms with Crippen LogP contribution in [0, 0.1) is 5.92 Å². The van der Waals surface area contributed by atoms with Crippen molar-refractivity contribution < 1.29 is 0 Å². The highest BCUT2D eigenvalue weighted by atomic mass is 15.1. The molecule has 1 fully saturated rings. The summed E-state index contributed by atoms with van der Waals surface area (Å²) in [5.74, 6) is 2.14. The summed E-state index contributed by atoms with van der Waals surface area (Å²) >= 11 is 0. The van der Waals surface area contributed by atoms with Crippen LogP contribution in [0.3, 0.4) is 0 Å². The number of aromatic nitrogens is 1. The summed E-state index contributed by atoms with van der Waals surface area (Å²) in [7, 11) is 0. The van der Waals surface area contributed by atoms with Gasteiger partial charge >= 0.3 is 0 Å². The predicted molar refractivity (Wildman–Crippen MR) is 91.7 cm³/mol. The molecule has 1 aromatic rings. The molecule has 2 aliphatic heterocycles. The number of anilines is 1. The van der Waals surface area contributed by atoms with Crippen LogP contribution >= 0.6 is 0 Å². The molecule has 5 heteroatoms. The fraction of sp³-hybridized carbons (Fsp3) is 0.588. The zero-order valence-electron chi connectivity index (χ0n) is 13.5. The van der Waals surface area contributed by atoms with Crippen LogP contribution in [0.5, 0.6) is 0 Å². The van der Waals surface area contributed by atoms with Crippen molar-refractivity contribution >= 4 is 17.4 Å². The lowest BCUT2D eigenvalue weighted by Gasteiger charge is -2.30. The summed E-state index contributed by atoms with van der Waals surface area (Å²) in [6, 6.07) is 1.95. The summed E-state index contributed by atoms with van der Waals surface area (Å²) in [6.45, 7) is 8.51. The minimum atomic E-state index is 0.520. The molecule has 0 saturated carbocycles. The van der Waals surface area contributed by atoms with Crippen LogP contribution in [0.1, 0.15) is 37.8 Å². The first kappa shape index (κ1) is 15.2. The Morgan fingerprint density at radius 2 is 2.05 bits per heavy atom. The van der Waals surface area contributed by atoms with E-state index < -0.39 is 0 Å². The Balaban J connectivity index is 1.74. The number of pyridine rings is 1. The lowest BCUT2D eigenvalue weighted by atomic mass is 9.96. The summed E-state index contributed by atoms with van der Waals surface area (Å²) in [4.78, 5) is 16.3. The fourth-order valence-corrected chi connectivity index (χ4v) is 3.31. The largest absolute Gasteiger partial charge is 0.384 e. The topological polar surface area (TPSA) is 66.9 Å². The van der Waals surface area contributed by atoms with Gasteiger partial charge in [0.05, 0.1) is 12.3 Å². The highest BCUT2D eigenvalue weighted by molar-refractivity contribution is 6.13. The van der Waals surface area contributed by atoms with E-state index in [0.717, 1.165) is 43.2 Å². The highest BCUT2D eigenvalue weighted by Gasteiger charge is 2.26. The number of nitrogen functional groups attached to an aromatic ring is 1. The number of aryl methyl sites for hydroxylation is 1. The van der Waals surface area contributed by atoms with Gasteiger partial charge in [-0.05, 0) is 50.5 Å². The van der Waals surface area contributed by atoms with Crippen molar-refractivity contribution in [1.82, 2.24) is 9.88 Å².